The second-order valence-corrected chi connectivity index (χ2v) is 5.57. The number of aryl methyl sites for hydroxylation is 1. The van der Waals surface area contributed by atoms with E-state index in [2.05, 4.69) is 18.9 Å². The molecule has 1 aliphatic carbocycles. The Balaban J connectivity index is 2.12. The van der Waals surface area contributed by atoms with Crippen LogP contribution in [0.15, 0.2) is 6.07 Å². The predicted octanol–water partition coefficient (Wildman–Crippen LogP) is 2.75. The van der Waals surface area contributed by atoms with Crippen molar-refractivity contribution in [2.75, 3.05) is 7.11 Å². The molecule has 1 saturated carbocycles. The lowest BCUT2D eigenvalue weighted by molar-refractivity contribution is -0.0214. The Labute approximate surface area is 120 Å². The van der Waals surface area contributed by atoms with E-state index in [-0.39, 0.29) is 18.2 Å². The summed E-state index contributed by atoms with van der Waals surface area (Å²) in [7, 11) is 1.67. The first-order valence-electron chi connectivity index (χ1n) is 7.38. The first-order valence-corrected chi connectivity index (χ1v) is 7.38. The predicted molar refractivity (Wildman–Crippen MR) is 75.8 cm³/mol. The van der Waals surface area contributed by atoms with Crippen LogP contribution in [-0.2, 0) is 16.0 Å². The van der Waals surface area contributed by atoms with Gasteiger partial charge in [-0.3, -0.25) is 4.68 Å². The van der Waals surface area contributed by atoms with Crippen molar-refractivity contribution in [2.24, 2.45) is 0 Å². The van der Waals surface area contributed by atoms with Gasteiger partial charge in [0.25, 0.3) is 0 Å². The minimum atomic E-state index is -0.291. The number of ether oxygens (including phenoxy) is 2. The molecule has 0 radical (unpaired) electrons. The van der Waals surface area contributed by atoms with Crippen molar-refractivity contribution in [3.05, 3.63) is 17.5 Å². The second kappa shape index (κ2) is 6.39. The maximum Gasteiger partial charge on any atom is 0.356 e. The number of hydrogen-bond acceptors (Lipinski definition) is 4. The van der Waals surface area contributed by atoms with Gasteiger partial charge in [-0.15, -0.1) is 0 Å². The topological polar surface area (TPSA) is 53.4 Å². The lowest BCUT2D eigenvalue weighted by atomic mass is 10.1. The monoisotopic (exact) mass is 280 g/mol. The molecule has 1 heterocycles. The molecule has 0 spiro atoms. The highest BCUT2D eigenvalue weighted by molar-refractivity contribution is 5.87. The molecule has 5 nitrogen and oxygen atoms in total. The number of carbonyl (C=O) groups excluding carboxylic acids is 1. The highest BCUT2D eigenvalue weighted by Crippen LogP contribution is 2.25. The molecule has 1 fully saturated rings. The van der Waals surface area contributed by atoms with E-state index in [1.807, 2.05) is 13.0 Å². The van der Waals surface area contributed by atoms with Crippen LogP contribution >= 0.6 is 0 Å². The van der Waals surface area contributed by atoms with Crippen LogP contribution in [0.25, 0.3) is 0 Å². The van der Waals surface area contributed by atoms with Crippen molar-refractivity contribution in [1.82, 2.24) is 9.78 Å². The summed E-state index contributed by atoms with van der Waals surface area (Å²) >= 11 is 0. The van der Waals surface area contributed by atoms with Gasteiger partial charge < -0.3 is 9.47 Å². The third kappa shape index (κ3) is 3.03. The van der Waals surface area contributed by atoms with Crippen molar-refractivity contribution in [2.45, 2.75) is 64.7 Å². The molecule has 2 atom stereocenters. The average Bonchev–Trinajstić information content (AvgIpc) is 3.04. The lowest BCUT2D eigenvalue weighted by Crippen LogP contribution is -2.28. The summed E-state index contributed by atoms with van der Waals surface area (Å²) in [5.74, 6) is 0.00718. The molecule has 1 aromatic heterocycles. The Hall–Kier alpha value is -1.36. The van der Waals surface area contributed by atoms with Crippen LogP contribution in [-0.4, -0.2) is 35.1 Å². The maximum atomic E-state index is 12.3. The van der Waals surface area contributed by atoms with E-state index in [1.165, 1.54) is 0 Å². The Bertz CT molecular complexity index is 468. The SMILES string of the molecule is CCn1nc(C(C)C)cc1C(=O)O[C@H]1CCC[C@H]1OC. The van der Waals surface area contributed by atoms with Crippen LogP contribution in [0.2, 0.25) is 0 Å². The van der Waals surface area contributed by atoms with Crippen LogP contribution < -0.4 is 0 Å². The number of methoxy groups -OCH3 is 1. The summed E-state index contributed by atoms with van der Waals surface area (Å²) in [5, 5.41) is 4.45. The van der Waals surface area contributed by atoms with Gasteiger partial charge >= 0.3 is 5.97 Å². The highest BCUT2D eigenvalue weighted by atomic mass is 16.6. The van der Waals surface area contributed by atoms with Gasteiger partial charge in [-0.1, -0.05) is 13.8 Å². The van der Waals surface area contributed by atoms with Crippen molar-refractivity contribution in [1.29, 1.82) is 0 Å². The zero-order chi connectivity index (χ0) is 14.7. The van der Waals surface area contributed by atoms with Gasteiger partial charge in [0.15, 0.2) is 0 Å². The molecule has 1 aliphatic rings. The summed E-state index contributed by atoms with van der Waals surface area (Å²) in [6.07, 6.45) is 2.78. The quantitative estimate of drug-likeness (QED) is 0.778. The van der Waals surface area contributed by atoms with Gasteiger partial charge in [-0.2, -0.15) is 5.10 Å². The summed E-state index contributed by atoms with van der Waals surface area (Å²) in [4.78, 5) is 12.3. The fraction of sp³-hybridized carbons (Fsp3) is 0.733. The fourth-order valence-corrected chi connectivity index (χ4v) is 2.62. The third-order valence-electron chi connectivity index (χ3n) is 3.85. The van der Waals surface area contributed by atoms with Gasteiger partial charge in [-0.25, -0.2) is 4.79 Å². The van der Waals surface area contributed by atoms with Gasteiger partial charge in [0, 0.05) is 13.7 Å². The standard InChI is InChI=1S/C15H24N2O3/c1-5-17-12(9-11(16-17)10(2)3)15(18)20-14-8-6-7-13(14)19-4/h9-10,13-14H,5-8H2,1-4H3/t13-,14+/m1/s1. The van der Waals surface area contributed by atoms with Crippen LogP contribution in [0, 0.1) is 0 Å². The van der Waals surface area contributed by atoms with Crippen molar-refractivity contribution < 1.29 is 14.3 Å². The molecule has 5 heteroatoms. The number of aromatic nitrogens is 2. The van der Waals surface area contributed by atoms with Crippen molar-refractivity contribution >= 4 is 5.97 Å². The number of carbonyl (C=O) groups is 1. The van der Waals surface area contributed by atoms with Gasteiger partial charge in [0.05, 0.1) is 11.8 Å². The van der Waals surface area contributed by atoms with E-state index in [9.17, 15) is 4.79 Å². The molecular formula is C15H24N2O3. The lowest BCUT2D eigenvalue weighted by Gasteiger charge is -2.18. The van der Waals surface area contributed by atoms with E-state index in [4.69, 9.17) is 9.47 Å². The average molecular weight is 280 g/mol. The van der Waals surface area contributed by atoms with Crippen molar-refractivity contribution in [3.63, 3.8) is 0 Å². The minimum absolute atomic E-state index is 0.0292. The summed E-state index contributed by atoms with van der Waals surface area (Å²) in [6, 6.07) is 1.84. The van der Waals surface area contributed by atoms with Crippen LogP contribution in [0.1, 0.15) is 62.1 Å². The largest absolute Gasteiger partial charge is 0.455 e. The number of hydrogen-bond donors (Lipinski definition) is 0. The van der Waals surface area contributed by atoms with Crippen LogP contribution in [0.5, 0.6) is 0 Å². The van der Waals surface area contributed by atoms with E-state index in [1.54, 1.807) is 11.8 Å². The molecule has 1 aromatic rings. The molecule has 112 valence electrons. The molecule has 0 bridgehead atoms. The molecule has 20 heavy (non-hydrogen) atoms. The first kappa shape index (κ1) is 15.0. The number of esters is 1. The summed E-state index contributed by atoms with van der Waals surface area (Å²) < 4.78 is 12.7. The molecule has 2 rings (SSSR count). The van der Waals surface area contributed by atoms with Crippen molar-refractivity contribution in [3.8, 4) is 0 Å². The molecule has 0 amide bonds. The summed E-state index contributed by atoms with van der Waals surface area (Å²) in [5.41, 5.74) is 1.46. The molecule has 0 unspecified atom stereocenters. The smallest absolute Gasteiger partial charge is 0.356 e. The molecule has 0 saturated heterocycles. The third-order valence-corrected chi connectivity index (χ3v) is 3.85. The van der Waals surface area contributed by atoms with Gasteiger partial charge in [0.2, 0.25) is 0 Å². The Morgan fingerprint density at radius 3 is 2.75 bits per heavy atom. The zero-order valence-corrected chi connectivity index (χ0v) is 12.8. The maximum absolute atomic E-state index is 12.3. The van der Waals surface area contributed by atoms with E-state index < -0.39 is 0 Å². The summed E-state index contributed by atoms with van der Waals surface area (Å²) in [6.45, 7) is 6.77. The molecule has 0 N–H and O–H groups in total. The van der Waals surface area contributed by atoms with E-state index in [0.29, 0.717) is 18.2 Å². The number of rotatable bonds is 5. The van der Waals surface area contributed by atoms with Gasteiger partial charge in [-0.05, 0) is 38.2 Å². The fourth-order valence-electron chi connectivity index (χ4n) is 2.62. The molecule has 0 aromatic carbocycles. The first-order chi connectivity index (χ1) is 9.56. The van der Waals surface area contributed by atoms with E-state index in [0.717, 1.165) is 25.0 Å². The highest BCUT2D eigenvalue weighted by Gasteiger charge is 2.31. The van der Waals surface area contributed by atoms with E-state index >= 15 is 0 Å². The Morgan fingerprint density at radius 2 is 2.15 bits per heavy atom. The minimum Gasteiger partial charge on any atom is -0.455 e. The van der Waals surface area contributed by atoms with Gasteiger partial charge in [0.1, 0.15) is 11.8 Å². The normalized spacial score (nSPS) is 22.4. The van der Waals surface area contributed by atoms with Crippen LogP contribution in [0.4, 0.5) is 0 Å². The Morgan fingerprint density at radius 1 is 1.45 bits per heavy atom. The zero-order valence-electron chi connectivity index (χ0n) is 12.8. The molecule has 0 aliphatic heterocycles. The number of nitrogens with zero attached hydrogens (tertiary/aromatic N) is 2. The second-order valence-electron chi connectivity index (χ2n) is 5.57. The Kier molecular flexibility index (Phi) is 4.81. The van der Waals surface area contributed by atoms with Crippen LogP contribution in [0.3, 0.4) is 0 Å². The molecular weight excluding hydrogens is 256 g/mol.